The highest BCUT2D eigenvalue weighted by atomic mass is 16.1. The van der Waals surface area contributed by atoms with Crippen molar-refractivity contribution in [1.82, 2.24) is 9.97 Å². The summed E-state index contributed by atoms with van der Waals surface area (Å²) in [7, 11) is 0. The summed E-state index contributed by atoms with van der Waals surface area (Å²) in [5.74, 6) is 0.0788. The van der Waals surface area contributed by atoms with Gasteiger partial charge in [-0.05, 0) is 17.7 Å². The molecule has 1 amide bonds. The first-order chi connectivity index (χ1) is 12.3. The Hall–Kier alpha value is -3.72. The summed E-state index contributed by atoms with van der Waals surface area (Å²) in [5, 5.41) is 14.8. The molecule has 0 fully saturated rings. The van der Waals surface area contributed by atoms with Crippen LogP contribution in [0.4, 0.5) is 11.6 Å². The first-order valence-electron chi connectivity index (χ1n) is 7.66. The van der Waals surface area contributed by atoms with Gasteiger partial charge in [-0.15, -0.1) is 0 Å². The Morgan fingerprint density at radius 2 is 1.68 bits per heavy atom. The van der Waals surface area contributed by atoms with Crippen LogP contribution in [0.25, 0.3) is 0 Å². The number of carbonyl (C=O) groups is 1. The van der Waals surface area contributed by atoms with E-state index in [1.807, 2.05) is 36.4 Å². The molecular formula is C19H15N5O. The molecule has 0 aliphatic carbocycles. The van der Waals surface area contributed by atoms with Crippen molar-refractivity contribution in [3.63, 3.8) is 0 Å². The van der Waals surface area contributed by atoms with Crippen LogP contribution in [0.3, 0.4) is 0 Å². The Kier molecular flexibility index (Phi) is 4.98. The minimum Gasteiger partial charge on any atom is -0.350 e. The van der Waals surface area contributed by atoms with Gasteiger partial charge in [-0.3, -0.25) is 4.79 Å². The van der Waals surface area contributed by atoms with Crippen molar-refractivity contribution in [3.8, 4) is 6.07 Å². The van der Waals surface area contributed by atoms with Crippen molar-refractivity contribution < 1.29 is 4.79 Å². The molecule has 1 aromatic heterocycles. The van der Waals surface area contributed by atoms with E-state index in [0.29, 0.717) is 29.3 Å². The maximum absolute atomic E-state index is 12.3. The molecule has 6 heteroatoms. The van der Waals surface area contributed by atoms with Crippen molar-refractivity contribution >= 4 is 17.5 Å². The van der Waals surface area contributed by atoms with E-state index >= 15 is 0 Å². The SMILES string of the molecule is N#Cc1ccccc1NC(=O)c1cnc(NCc2ccccc2)nc1. The molecule has 0 aliphatic heterocycles. The third-order valence-electron chi connectivity index (χ3n) is 3.50. The molecule has 0 radical (unpaired) electrons. The number of anilines is 2. The minimum atomic E-state index is -0.364. The van der Waals surface area contributed by atoms with Gasteiger partial charge in [0.05, 0.1) is 16.8 Å². The molecule has 2 N–H and O–H groups in total. The fourth-order valence-electron chi connectivity index (χ4n) is 2.20. The van der Waals surface area contributed by atoms with Gasteiger partial charge in [0, 0.05) is 18.9 Å². The van der Waals surface area contributed by atoms with Gasteiger partial charge in [-0.2, -0.15) is 5.26 Å². The van der Waals surface area contributed by atoms with Crippen molar-refractivity contribution in [2.45, 2.75) is 6.54 Å². The summed E-state index contributed by atoms with van der Waals surface area (Å²) < 4.78 is 0. The second-order valence-electron chi connectivity index (χ2n) is 5.25. The number of rotatable bonds is 5. The van der Waals surface area contributed by atoms with Crippen LogP contribution in [0.1, 0.15) is 21.5 Å². The summed E-state index contributed by atoms with van der Waals surface area (Å²) >= 11 is 0. The summed E-state index contributed by atoms with van der Waals surface area (Å²) in [6.07, 6.45) is 2.90. The van der Waals surface area contributed by atoms with Crippen molar-refractivity contribution in [2.75, 3.05) is 10.6 Å². The third-order valence-corrected chi connectivity index (χ3v) is 3.50. The highest BCUT2D eigenvalue weighted by Gasteiger charge is 2.10. The lowest BCUT2D eigenvalue weighted by atomic mass is 10.2. The van der Waals surface area contributed by atoms with E-state index in [1.165, 1.54) is 12.4 Å². The molecule has 0 atom stereocenters. The van der Waals surface area contributed by atoms with Crippen LogP contribution < -0.4 is 10.6 Å². The summed E-state index contributed by atoms with van der Waals surface area (Å²) in [5.41, 5.74) is 2.29. The number of para-hydroxylation sites is 1. The molecule has 1 heterocycles. The maximum atomic E-state index is 12.3. The lowest BCUT2D eigenvalue weighted by Gasteiger charge is -2.08. The summed E-state index contributed by atoms with van der Waals surface area (Å²) in [6, 6.07) is 18.7. The molecular weight excluding hydrogens is 314 g/mol. The topological polar surface area (TPSA) is 90.7 Å². The van der Waals surface area contributed by atoms with Crippen molar-refractivity contribution in [2.24, 2.45) is 0 Å². The Balaban J connectivity index is 1.63. The second-order valence-corrected chi connectivity index (χ2v) is 5.25. The molecule has 3 rings (SSSR count). The summed E-state index contributed by atoms with van der Waals surface area (Å²) in [4.78, 5) is 20.6. The van der Waals surface area contributed by atoms with Crippen LogP contribution in [0.15, 0.2) is 67.0 Å². The third kappa shape index (κ3) is 4.18. The van der Waals surface area contributed by atoms with Gasteiger partial charge < -0.3 is 10.6 Å². The van der Waals surface area contributed by atoms with Gasteiger partial charge in [0.2, 0.25) is 5.95 Å². The molecule has 0 saturated heterocycles. The van der Waals surface area contributed by atoms with Crippen molar-refractivity contribution in [3.05, 3.63) is 83.7 Å². The van der Waals surface area contributed by atoms with Crippen LogP contribution >= 0.6 is 0 Å². The van der Waals surface area contributed by atoms with Crippen LogP contribution in [-0.4, -0.2) is 15.9 Å². The predicted molar refractivity (Wildman–Crippen MR) is 94.9 cm³/mol. The van der Waals surface area contributed by atoms with E-state index in [4.69, 9.17) is 5.26 Å². The molecule has 0 spiro atoms. The van der Waals surface area contributed by atoms with E-state index in [1.54, 1.807) is 24.3 Å². The van der Waals surface area contributed by atoms with Crippen molar-refractivity contribution in [1.29, 1.82) is 5.26 Å². The minimum absolute atomic E-state index is 0.318. The zero-order valence-corrected chi connectivity index (χ0v) is 13.3. The van der Waals surface area contributed by atoms with Gasteiger partial charge in [0.1, 0.15) is 6.07 Å². The predicted octanol–water partition coefficient (Wildman–Crippen LogP) is 3.21. The fourth-order valence-corrected chi connectivity index (χ4v) is 2.20. The Labute approximate surface area is 145 Å². The first kappa shape index (κ1) is 16.1. The largest absolute Gasteiger partial charge is 0.350 e. The molecule has 6 nitrogen and oxygen atoms in total. The number of hydrogen-bond acceptors (Lipinski definition) is 5. The molecule has 2 aromatic carbocycles. The highest BCUT2D eigenvalue weighted by Crippen LogP contribution is 2.15. The fraction of sp³-hybridized carbons (Fsp3) is 0.0526. The quantitative estimate of drug-likeness (QED) is 0.750. The van der Waals surface area contributed by atoms with Crippen LogP contribution in [0.5, 0.6) is 0 Å². The molecule has 3 aromatic rings. The number of benzene rings is 2. The summed E-state index contributed by atoms with van der Waals surface area (Å²) in [6.45, 7) is 0.599. The zero-order valence-electron chi connectivity index (χ0n) is 13.3. The number of nitrogens with one attached hydrogen (secondary N) is 2. The Morgan fingerprint density at radius 3 is 2.40 bits per heavy atom. The van der Waals surface area contributed by atoms with Crippen LogP contribution in [0.2, 0.25) is 0 Å². The van der Waals surface area contributed by atoms with Crippen LogP contribution in [0, 0.1) is 11.3 Å². The molecule has 0 bridgehead atoms. The smallest absolute Gasteiger partial charge is 0.258 e. The molecule has 25 heavy (non-hydrogen) atoms. The van der Waals surface area contributed by atoms with Gasteiger partial charge in [0.25, 0.3) is 5.91 Å². The number of amides is 1. The van der Waals surface area contributed by atoms with Gasteiger partial charge in [0.15, 0.2) is 0 Å². The molecule has 0 saturated carbocycles. The molecule has 0 aliphatic rings. The lowest BCUT2D eigenvalue weighted by Crippen LogP contribution is -2.14. The van der Waals surface area contributed by atoms with E-state index in [0.717, 1.165) is 5.56 Å². The lowest BCUT2D eigenvalue weighted by molar-refractivity contribution is 0.102. The molecule has 0 unspecified atom stereocenters. The number of carbonyl (C=O) groups excluding carboxylic acids is 1. The van der Waals surface area contributed by atoms with E-state index in [-0.39, 0.29) is 5.91 Å². The zero-order chi connectivity index (χ0) is 17.5. The monoisotopic (exact) mass is 329 g/mol. The number of aromatic nitrogens is 2. The standard InChI is InChI=1S/C19H15N5O/c20-10-15-8-4-5-9-17(15)24-18(25)16-12-22-19(23-13-16)21-11-14-6-2-1-3-7-14/h1-9,12-13H,11H2,(H,24,25)(H,21,22,23). The normalized spacial score (nSPS) is 9.88. The average Bonchev–Trinajstić information content (AvgIpc) is 2.68. The van der Waals surface area contributed by atoms with Gasteiger partial charge in [-0.25, -0.2) is 9.97 Å². The average molecular weight is 329 g/mol. The van der Waals surface area contributed by atoms with E-state index in [9.17, 15) is 4.79 Å². The number of nitriles is 1. The van der Waals surface area contributed by atoms with E-state index < -0.39 is 0 Å². The number of hydrogen-bond donors (Lipinski definition) is 2. The second kappa shape index (κ2) is 7.70. The number of nitrogens with zero attached hydrogens (tertiary/aromatic N) is 3. The maximum Gasteiger partial charge on any atom is 0.258 e. The highest BCUT2D eigenvalue weighted by molar-refractivity contribution is 6.04. The van der Waals surface area contributed by atoms with Crippen LogP contribution in [-0.2, 0) is 6.54 Å². The Morgan fingerprint density at radius 1 is 1.00 bits per heavy atom. The van der Waals surface area contributed by atoms with E-state index in [2.05, 4.69) is 20.6 Å². The molecule has 122 valence electrons. The van der Waals surface area contributed by atoms with Gasteiger partial charge >= 0.3 is 0 Å². The Bertz CT molecular complexity index is 901. The van der Waals surface area contributed by atoms with Gasteiger partial charge in [-0.1, -0.05) is 42.5 Å². The first-order valence-corrected chi connectivity index (χ1v) is 7.66.